The highest BCUT2D eigenvalue weighted by Gasteiger charge is 2.12. The predicted molar refractivity (Wildman–Crippen MR) is 65.4 cm³/mol. The number of halogens is 1. The van der Waals surface area contributed by atoms with Crippen molar-refractivity contribution in [3.63, 3.8) is 0 Å². The fourth-order valence-corrected chi connectivity index (χ4v) is 2.30. The molecule has 1 heterocycles. The standard InChI is InChI=1S/C12H9FN2OS/c1-16-10-3-2-7(4-9(10)13)8-6-17-11(5-14)12(8)15/h2-4,6H,15H2,1H3. The minimum atomic E-state index is -0.450. The Bertz CT molecular complexity index is 601. The van der Waals surface area contributed by atoms with Gasteiger partial charge in [-0.05, 0) is 17.7 Å². The number of benzene rings is 1. The van der Waals surface area contributed by atoms with E-state index in [1.807, 2.05) is 6.07 Å². The number of nitrogen functional groups attached to an aromatic ring is 1. The SMILES string of the molecule is COc1ccc(-c2csc(C#N)c2N)cc1F. The van der Waals surface area contributed by atoms with E-state index in [0.29, 0.717) is 21.7 Å². The topological polar surface area (TPSA) is 59.0 Å². The fraction of sp³-hybridized carbons (Fsp3) is 0.0833. The molecule has 0 aliphatic carbocycles. The van der Waals surface area contributed by atoms with Gasteiger partial charge in [0.1, 0.15) is 10.9 Å². The second-order valence-electron chi connectivity index (χ2n) is 3.35. The van der Waals surface area contributed by atoms with Crippen LogP contribution < -0.4 is 10.5 Å². The van der Waals surface area contributed by atoms with Crippen molar-refractivity contribution >= 4 is 17.0 Å². The number of nitriles is 1. The predicted octanol–water partition coefficient (Wildman–Crippen LogP) is 3.02. The minimum absolute atomic E-state index is 0.183. The molecular formula is C12H9FN2OS. The molecule has 0 atom stereocenters. The quantitative estimate of drug-likeness (QED) is 0.888. The zero-order chi connectivity index (χ0) is 12.4. The van der Waals surface area contributed by atoms with E-state index in [-0.39, 0.29) is 5.75 Å². The molecule has 3 nitrogen and oxygen atoms in total. The number of hydrogen-bond donors (Lipinski definition) is 1. The van der Waals surface area contributed by atoms with E-state index in [4.69, 9.17) is 15.7 Å². The zero-order valence-corrected chi connectivity index (χ0v) is 9.84. The average molecular weight is 248 g/mol. The number of nitrogens with zero attached hydrogens (tertiary/aromatic N) is 1. The Morgan fingerprint density at radius 1 is 1.47 bits per heavy atom. The summed E-state index contributed by atoms with van der Waals surface area (Å²) in [5, 5.41) is 10.5. The van der Waals surface area contributed by atoms with Gasteiger partial charge in [-0.3, -0.25) is 0 Å². The summed E-state index contributed by atoms with van der Waals surface area (Å²) in [5.74, 6) is -0.267. The molecule has 0 saturated heterocycles. The van der Waals surface area contributed by atoms with Gasteiger partial charge in [0.25, 0.3) is 0 Å². The second-order valence-corrected chi connectivity index (χ2v) is 4.23. The molecule has 1 aromatic carbocycles. The van der Waals surface area contributed by atoms with Crippen molar-refractivity contribution in [2.24, 2.45) is 0 Å². The Hall–Kier alpha value is -2.06. The van der Waals surface area contributed by atoms with E-state index in [1.165, 1.54) is 30.6 Å². The van der Waals surface area contributed by atoms with Crippen molar-refractivity contribution in [3.05, 3.63) is 34.3 Å². The molecule has 0 spiro atoms. The van der Waals surface area contributed by atoms with Crippen molar-refractivity contribution in [1.29, 1.82) is 5.26 Å². The van der Waals surface area contributed by atoms with Gasteiger partial charge < -0.3 is 10.5 Å². The number of thiophene rings is 1. The van der Waals surface area contributed by atoms with Crippen molar-refractivity contribution in [1.82, 2.24) is 0 Å². The van der Waals surface area contributed by atoms with Crippen LogP contribution >= 0.6 is 11.3 Å². The molecule has 2 N–H and O–H groups in total. The zero-order valence-electron chi connectivity index (χ0n) is 9.03. The largest absolute Gasteiger partial charge is 0.494 e. The summed E-state index contributed by atoms with van der Waals surface area (Å²) in [7, 11) is 1.41. The third-order valence-corrected chi connectivity index (χ3v) is 3.29. The lowest BCUT2D eigenvalue weighted by Crippen LogP contribution is -1.91. The molecule has 2 rings (SSSR count). The van der Waals surface area contributed by atoms with Gasteiger partial charge in [-0.2, -0.15) is 5.26 Å². The summed E-state index contributed by atoms with van der Waals surface area (Å²) in [4.78, 5) is 0.441. The lowest BCUT2D eigenvalue weighted by atomic mass is 10.1. The van der Waals surface area contributed by atoms with E-state index in [2.05, 4.69) is 0 Å². The maximum absolute atomic E-state index is 13.5. The van der Waals surface area contributed by atoms with Crippen LogP contribution in [0.3, 0.4) is 0 Å². The molecule has 0 fully saturated rings. The lowest BCUT2D eigenvalue weighted by molar-refractivity contribution is 0.386. The Labute approximate surface area is 102 Å². The monoisotopic (exact) mass is 248 g/mol. The first-order valence-corrected chi connectivity index (χ1v) is 5.66. The van der Waals surface area contributed by atoms with Crippen LogP contribution in [0, 0.1) is 17.1 Å². The number of anilines is 1. The number of hydrogen-bond acceptors (Lipinski definition) is 4. The molecule has 0 aliphatic rings. The molecule has 86 valence electrons. The van der Waals surface area contributed by atoms with E-state index >= 15 is 0 Å². The molecule has 1 aromatic heterocycles. The van der Waals surface area contributed by atoms with Gasteiger partial charge in [0, 0.05) is 10.9 Å². The Kier molecular flexibility index (Phi) is 2.98. The summed E-state index contributed by atoms with van der Waals surface area (Å²) in [6.45, 7) is 0. The number of nitrogens with two attached hydrogens (primary N) is 1. The summed E-state index contributed by atoms with van der Waals surface area (Å²) in [6, 6.07) is 6.59. The first-order chi connectivity index (χ1) is 8.17. The van der Waals surface area contributed by atoms with Gasteiger partial charge in [-0.25, -0.2) is 4.39 Å². The van der Waals surface area contributed by atoms with Crippen LogP contribution in [0.2, 0.25) is 0 Å². The average Bonchev–Trinajstić information content (AvgIpc) is 2.70. The van der Waals surface area contributed by atoms with E-state index < -0.39 is 5.82 Å². The van der Waals surface area contributed by atoms with Crippen molar-refractivity contribution in [2.75, 3.05) is 12.8 Å². The van der Waals surface area contributed by atoms with Gasteiger partial charge in [0.2, 0.25) is 0 Å². The van der Waals surface area contributed by atoms with Gasteiger partial charge in [-0.1, -0.05) is 6.07 Å². The van der Waals surface area contributed by atoms with Crippen molar-refractivity contribution in [3.8, 4) is 22.9 Å². The molecule has 0 radical (unpaired) electrons. The van der Waals surface area contributed by atoms with Crippen LogP contribution in [-0.4, -0.2) is 7.11 Å². The highest BCUT2D eigenvalue weighted by atomic mass is 32.1. The summed E-state index contributed by atoms with van der Waals surface area (Å²) in [5.41, 5.74) is 7.50. The highest BCUT2D eigenvalue weighted by Crippen LogP contribution is 2.35. The fourth-order valence-electron chi connectivity index (χ4n) is 1.51. The number of methoxy groups -OCH3 is 1. The highest BCUT2D eigenvalue weighted by molar-refractivity contribution is 7.11. The summed E-state index contributed by atoms with van der Waals surface area (Å²) < 4.78 is 18.4. The smallest absolute Gasteiger partial charge is 0.165 e. The molecule has 0 amide bonds. The van der Waals surface area contributed by atoms with Crippen molar-refractivity contribution in [2.45, 2.75) is 0 Å². The summed E-state index contributed by atoms with van der Waals surface area (Å²) >= 11 is 1.25. The van der Waals surface area contributed by atoms with Gasteiger partial charge >= 0.3 is 0 Å². The van der Waals surface area contributed by atoms with E-state index in [9.17, 15) is 4.39 Å². The van der Waals surface area contributed by atoms with Crippen LogP contribution in [-0.2, 0) is 0 Å². The molecule has 2 aromatic rings. The third kappa shape index (κ3) is 1.95. The van der Waals surface area contributed by atoms with E-state index in [0.717, 1.165) is 0 Å². The van der Waals surface area contributed by atoms with Gasteiger partial charge in [-0.15, -0.1) is 11.3 Å². The normalized spacial score (nSPS) is 9.94. The molecule has 0 saturated carbocycles. The molecule has 5 heteroatoms. The van der Waals surface area contributed by atoms with Crippen molar-refractivity contribution < 1.29 is 9.13 Å². The van der Waals surface area contributed by atoms with Crippen LogP contribution in [0.4, 0.5) is 10.1 Å². The Morgan fingerprint density at radius 3 is 2.76 bits per heavy atom. The lowest BCUT2D eigenvalue weighted by Gasteiger charge is -2.04. The number of rotatable bonds is 2. The van der Waals surface area contributed by atoms with Gasteiger partial charge in [0.15, 0.2) is 11.6 Å². The molecular weight excluding hydrogens is 239 g/mol. The van der Waals surface area contributed by atoms with Crippen LogP contribution in [0.15, 0.2) is 23.6 Å². The van der Waals surface area contributed by atoms with E-state index in [1.54, 1.807) is 11.4 Å². The maximum atomic E-state index is 13.5. The molecule has 0 bridgehead atoms. The second kappa shape index (κ2) is 4.44. The van der Waals surface area contributed by atoms with Crippen LogP contribution in [0.25, 0.3) is 11.1 Å². The molecule has 0 aliphatic heterocycles. The first kappa shape index (κ1) is 11.4. The molecule has 0 unspecified atom stereocenters. The van der Waals surface area contributed by atoms with Crippen LogP contribution in [0.5, 0.6) is 5.75 Å². The Balaban J connectivity index is 2.51. The number of ether oxygens (including phenoxy) is 1. The summed E-state index contributed by atoms with van der Waals surface area (Å²) in [6.07, 6.45) is 0. The minimum Gasteiger partial charge on any atom is -0.494 e. The molecule has 17 heavy (non-hydrogen) atoms. The van der Waals surface area contributed by atoms with Crippen LogP contribution in [0.1, 0.15) is 4.88 Å². The Morgan fingerprint density at radius 2 is 2.24 bits per heavy atom. The third-order valence-electron chi connectivity index (χ3n) is 2.39. The van der Waals surface area contributed by atoms with Gasteiger partial charge in [0.05, 0.1) is 12.8 Å². The first-order valence-electron chi connectivity index (χ1n) is 4.78. The maximum Gasteiger partial charge on any atom is 0.165 e.